The molecule has 0 saturated heterocycles. The number of hydrogen-bond acceptors (Lipinski definition) is 0. The van der Waals surface area contributed by atoms with Crippen molar-refractivity contribution in [3.63, 3.8) is 0 Å². The molecule has 0 bridgehead atoms. The lowest BCUT2D eigenvalue weighted by molar-refractivity contribution is 0.777. The van der Waals surface area contributed by atoms with Gasteiger partial charge in [-0.3, -0.25) is 0 Å². The van der Waals surface area contributed by atoms with E-state index >= 15 is 0 Å². The first kappa shape index (κ1) is 9.17. The fourth-order valence-electron chi connectivity index (χ4n) is 0.656. The van der Waals surface area contributed by atoms with Crippen molar-refractivity contribution in [3.05, 3.63) is 12.7 Å². The average Bonchev–Trinajstić information content (AvgIpc) is 1.89. The monoisotopic (exact) mass is 143 g/mol. The van der Waals surface area contributed by atoms with Crippen LogP contribution in [-0.4, -0.2) is 12.3 Å². The first-order valence-corrected chi connectivity index (χ1v) is 4.92. The largest absolute Gasteiger partial charge is 0.103 e. The third-order valence-corrected chi connectivity index (χ3v) is 2.33. The summed E-state index contributed by atoms with van der Waals surface area (Å²) in [4.78, 5) is 0. The lowest BCUT2D eigenvalue weighted by Gasteiger charge is -1.94. The van der Waals surface area contributed by atoms with E-state index in [1.165, 1.54) is 31.6 Å². The number of hydrogen-bond donors (Lipinski definition) is 0. The molecule has 0 aromatic rings. The number of rotatable bonds is 6. The van der Waals surface area contributed by atoms with Gasteiger partial charge >= 0.3 is 0 Å². The number of allylic oxidation sites excluding steroid dienone is 1. The minimum atomic E-state index is 1.17. The van der Waals surface area contributed by atoms with Crippen molar-refractivity contribution >= 4 is 8.58 Å². The van der Waals surface area contributed by atoms with Crippen LogP contribution in [0.2, 0.25) is 0 Å². The highest BCUT2D eigenvalue weighted by Crippen LogP contribution is 2.12. The molecule has 0 atom stereocenters. The molecule has 0 saturated carbocycles. The lowest BCUT2D eigenvalue weighted by atomic mass is 10.3. The van der Waals surface area contributed by atoms with Gasteiger partial charge in [-0.2, -0.15) is 0 Å². The Morgan fingerprint density at radius 2 is 2.22 bits per heavy atom. The summed E-state index contributed by atoms with van der Waals surface area (Å²) in [5.41, 5.74) is 0. The molecule has 0 aromatic carbocycles. The highest BCUT2D eigenvalue weighted by Gasteiger charge is 1.84. The molecule has 0 rings (SSSR count). The SMILES string of the molecule is C=CC[P]CCCCC. The highest BCUT2D eigenvalue weighted by molar-refractivity contribution is 7.38. The summed E-state index contributed by atoms with van der Waals surface area (Å²) in [5.74, 6) is 0. The summed E-state index contributed by atoms with van der Waals surface area (Å²) in [5, 5.41) is 0. The van der Waals surface area contributed by atoms with E-state index in [4.69, 9.17) is 0 Å². The fraction of sp³-hybridized carbons (Fsp3) is 0.750. The molecule has 0 spiro atoms. The van der Waals surface area contributed by atoms with Crippen LogP contribution in [0.4, 0.5) is 0 Å². The normalized spacial score (nSPS) is 10.8. The van der Waals surface area contributed by atoms with Crippen LogP contribution in [0.5, 0.6) is 0 Å². The van der Waals surface area contributed by atoms with E-state index in [9.17, 15) is 0 Å². The van der Waals surface area contributed by atoms with Gasteiger partial charge in [0.15, 0.2) is 0 Å². The molecule has 0 unspecified atom stereocenters. The Kier molecular flexibility index (Phi) is 8.32. The molecule has 0 aliphatic carbocycles. The summed E-state index contributed by atoms with van der Waals surface area (Å²) in [7, 11) is 1.55. The molecule has 0 aliphatic heterocycles. The molecule has 0 aliphatic rings. The van der Waals surface area contributed by atoms with Gasteiger partial charge in [-0.15, -0.1) is 6.58 Å². The van der Waals surface area contributed by atoms with E-state index in [1.807, 2.05) is 6.08 Å². The van der Waals surface area contributed by atoms with Gasteiger partial charge in [-0.1, -0.05) is 34.4 Å². The third kappa shape index (κ3) is 8.17. The summed E-state index contributed by atoms with van der Waals surface area (Å²) >= 11 is 0. The van der Waals surface area contributed by atoms with Crippen LogP contribution < -0.4 is 0 Å². The molecular weight excluding hydrogens is 127 g/mol. The van der Waals surface area contributed by atoms with Crippen molar-refractivity contribution in [1.29, 1.82) is 0 Å². The Hall–Kier alpha value is 0.170. The van der Waals surface area contributed by atoms with Crippen LogP contribution in [0.25, 0.3) is 0 Å². The van der Waals surface area contributed by atoms with Gasteiger partial charge in [0.2, 0.25) is 0 Å². The van der Waals surface area contributed by atoms with Crippen molar-refractivity contribution in [2.75, 3.05) is 12.3 Å². The molecule has 0 fully saturated rings. The Bertz CT molecular complexity index is 59.6. The summed E-state index contributed by atoms with van der Waals surface area (Å²) in [6, 6.07) is 0. The Morgan fingerprint density at radius 3 is 2.78 bits per heavy atom. The van der Waals surface area contributed by atoms with E-state index in [0.717, 1.165) is 0 Å². The zero-order valence-corrected chi connectivity index (χ0v) is 7.16. The Balaban J connectivity index is 2.66. The lowest BCUT2D eigenvalue weighted by Crippen LogP contribution is -1.77. The minimum Gasteiger partial charge on any atom is -0.103 e. The second-order valence-corrected chi connectivity index (χ2v) is 3.39. The number of unbranched alkanes of at least 4 members (excludes halogenated alkanes) is 2. The van der Waals surface area contributed by atoms with Crippen LogP contribution in [-0.2, 0) is 0 Å². The van der Waals surface area contributed by atoms with Crippen LogP contribution >= 0.6 is 8.58 Å². The molecule has 0 N–H and O–H groups in total. The summed E-state index contributed by atoms with van der Waals surface area (Å²) in [6.45, 7) is 5.91. The van der Waals surface area contributed by atoms with Crippen molar-refractivity contribution in [3.8, 4) is 0 Å². The van der Waals surface area contributed by atoms with Crippen LogP contribution in [0, 0.1) is 0 Å². The highest BCUT2D eigenvalue weighted by atomic mass is 31.1. The molecule has 0 aromatic heterocycles. The molecule has 0 nitrogen and oxygen atoms in total. The zero-order chi connectivity index (χ0) is 6.95. The maximum absolute atomic E-state index is 3.67. The predicted molar refractivity (Wildman–Crippen MR) is 46.4 cm³/mol. The van der Waals surface area contributed by atoms with Crippen LogP contribution in [0.3, 0.4) is 0 Å². The Morgan fingerprint density at radius 1 is 1.44 bits per heavy atom. The Labute approximate surface area is 60.5 Å². The second-order valence-electron chi connectivity index (χ2n) is 2.13. The van der Waals surface area contributed by atoms with Gasteiger partial charge in [0.25, 0.3) is 0 Å². The fourth-order valence-corrected chi connectivity index (χ4v) is 1.47. The van der Waals surface area contributed by atoms with Gasteiger partial charge in [-0.25, -0.2) is 0 Å². The second kappa shape index (κ2) is 8.17. The van der Waals surface area contributed by atoms with E-state index in [-0.39, 0.29) is 0 Å². The maximum atomic E-state index is 3.67. The van der Waals surface area contributed by atoms with E-state index < -0.39 is 0 Å². The zero-order valence-electron chi connectivity index (χ0n) is 6.27. The van der Waals surface area contributed by atoms with Gasteiger partial charge in [0, 0.05) is 0 Å². The minimum absolute atomic E-state index is 1.17. The molecule has 53 valence electrons. The summed E-state index contributed by atoms with van der Waals surface area (Å²) in [6.07, 6.45) is 8.65. The average molecular weight is 143 g/mol. The first-order chi connectivity index (χ1) is 4.41. The van der Waals surface area contributed by atoms with Gasteiger partial charge < -0.3 is 0 Å². The molecule has 0 amide bonds. The molecule has 1 heteroatoms. The van der Waals surface area contributed by atoms with Gasteiger partial charge in [0.05, 0.1) is 0 Å². The molecule has 0 heterocycles. The molecular formula is C8H16P. The standard InChI is InChI=1S/C8H16P/c1-3-5-6-8-9-7-4-2/h4H,2-3,5-8H2,1H3. The molecule has 1 radical (unpaired) electrons. The topological polar surface area (TPSA) is 0 Å². The van der Waals surface area contributed by atoms with Gasteiger partial charge in [-0.05, 0) is 18.7 Å². The van der Waals surface area contributed by atoms with E-state index in [2.05, 4.69) is 13.5 Å². The van der Waals surface area contributed by atoms with Gasteiger partial charge in [0.1, 0.15) is 0 Å². The predicted octanol–water partition coefficient (Wildman–Crippen LogP) is 3.31. The smallest absolute Gasteiger partial charge is 0.0109 e. The van der Waals surface area contributed by atoms with E-state index in [1.54, 1.807) is 8.58 Å². The van der Waals surface area contributed by atoms with Crippen molar-refractivity contribution in [2.45, 2.75) is 26.2 Å². The van der Waals surface area contributed by atoms with Crippen LogP contribution in [0.15, 0.2) is 12.7 Å². The summed E-state index contributed by atoms with van der Waals surface area (Å²) < 4.78 is 0. The quantitative estimate of drug-likeness (QED) is 0.304. The maximum Gasteiger partial charge on any atom is -0.0109 e. The van der Waals surface area contributed by atoms with E-state index in [0.29, 0.717) is 0 Å². The first-order valence-electron chi connectivity index (χ1n) is 3.66. The molecule has 9 heavy (non-hydrogen) atoms. The van der Waals surface area contributed by atoms with Crippen LogP contribution in [0.1, 0.15) is 26.2 Å². The van der Waals surface area contributed by atoms with Crippen molar-refractivity contribution in [2.24, 2.45) is 0 Å². The van der Waals surface area contributed by atoms with Crippen molar-refractivity contribution < 1.29 is 0 Å². The van der Waals surface area contributed by atoms with Crippen molar-refractivity contribution in [1.82, 2.24) is 0 Å². The third-order valence-electron chi connectivity index (χ3n) is 1.18.